The first-order chi connectivity index (χ1) is 21.8. The van der Waals surface area contributed by atoms with Crippen LogP contribution in [0.15, 0.2) is 47.3 Å². The molecule has 0 spiro atoms. The van der Waals surface area contributed by atoms with E-state index >= 15 is 0 Å². The molecule has 0 aliphatic rings. The Hall–Kier alpha value is -5.18. The molecular formula is C31H34N10O3S. The molecule has 4 rings (SSSR count). The van der Waals surface area contributed by atoms with Gasteiger partial charge < -0.3 is 20.1 Å². The molecule has 0 fully saturated rings. The van der Waals surface area contributed by atoms with Crippen molar-refractivity contribution in [3.63, 3.8) is 0 Å². The van der Waals surface area contributed by atoms with Crippen LogP contribution in [-0.2, 0) is 14.3 Å². The van der Waals surface area contributed by atoms with Crippen molar-refractivity contribution in [1.29, 1.82) is 10.5 Å². The average Bonchev–Trinajstić information content (AvgIpc) is 3.66. The molecule has 0 aliphatic heterocycles. The van der Waals surface area contributed by atoms with Crippen molar-refractivity contribution >= 4 is 50.7 Å². The van der Waals surface area contributed by atoms with Gasteiger partial charge in [-0.2, -0.15) is 10.5 Å². The van der Waals surface area contributed by atoms with E-state index in [1.54, 1.807) is 20.2 Å². The fraction of sp³-hybridized carbons (Fsp3) is 0.355. The summed E-state index contributed by atoms with van der Waals surface area (Å²) in [6.07, 6.45) is 3.88. The number of aromatic nitrogens is 4. The Labute approximate surface area is 265 Å². The van der Waals surface area contributed by atoms with Gasteiger partial charge in [-0.15, -0.1) is 15.3 Å². The van der Waals surface area contributed by atoms with Gasteiger partial charge in [-0.1, -0.05) is 37.8 Å². The number of rotatable bonds is 15. The lowest BCUT2D eigenvalue weighted by Gasteiger charge is -2.15. The number of methoxy groups -OCH3 is 1. The molecule has 45 heavy (non-hydrogen) atoms. The van der Waals surface area contributed by atoms with E-state index in [0.29, 0.717) is 66.5 Å². The number of esters is 1. The highest BCUT2D eigenvalue weighted by Gasteiger charge is 2.19. The largest absolute Gasteiger partial charge is 0.462 e. The predicted molar refractivity (Wildman–Crippen MR) is 173 cm³/mol. The Morgan fingerprint density at radius 1 is 1.13 bits per heavy atom. The van der Waals surface area contributed by atoms with Crippen LogP contribution in [0.3, 0.4) is 0 Å². The number of azo groups is 1. The zero-order valence-corrected chi connectivity index (χ0v) is 26.4. The van der Waals surface area contributed by atoms with E-state index in [2.05, 4.69) is 80.6 Å². The summed E-state index contributed by atoms with van der Waals surface area (Å²) in [7, 11) is 1.63. The highest BCUT2D eigenvalue weighted by Crippen LogP contribution is 2.35. The number of nitriles is 2. The van der Waals surface area contributed by atoms with Gasteiger partial charge in [0.25, 0.3) is 0 Å². The van der Waals surface area contributed by atoms with Crippen LogP contribution in [0.5, 0.6) is 0 Å². The molecule has 0 saturated heterocycles. The fourth-order valence-corrected chi connectivity index (χ4v) is 5.18. The number of thiazole rings is 1. The van der Waals surface area contributed by atoms with Crippen molar-refractivity contribution in [3.8, 4) is 17.3 Å². The van der Waals surface area contributed by atoms with Crippen molar-refractivity contribution < 1.29 is 14.3 Å². The smallest absolute Gasteiger partial charge is 0.330 e. The Kier molecular flexibility index (Phi) is 11.3. The first kappa shape index (κ1) is 32.7. The third-order valence-electron chi connectivity index (χ3n) is 6.69. The van der Waals surface area contributed by atoms with Crippen molar-refractivity contribution in [3.05, 3.63) is 59.3 Å². The number of hydrogen-bond acceptors (Lipinski definition) is 13. The SMILES string of the molecule is C=CC(=O)OCCCNc1nc(NCCCOC)c(N=Nc2nn(-c3nc4ccc(C(C)C)cc4s3)cc2C#N)c(C)c1C#N. The summed E-state index contributed by atoms with van der Waals surface area (Å²) in [6.45, 7) is 11.1. The molecule has 4 aromatic rings. The summed E-state index contributed by atoms with van der Waals surface area (Å²) in [5, 5.41) is 40.1. The third-order valence-corrected chi connectivity index (χ3v) is 7.70. The van der Waals surface area contributed by atoms with E-state index in [0.717, 1.165) is 16.3 Å². The summed E-state index contributed by atoms with van der Waals surface area (Å²) in [5.41, 5.74) is 3.45. The summed E-state index contributed by atoms with van der Waals surface area (Å²) in [6, 6.07) is 10.5. The monoisotopic (exact) mass is 626 g/mol. The number of carbonyl (C=O) groups excluding carboxylic acids is 1. The Balaban J connectivity index is 1.64. The number of fused-ring (bicyclic) bond motifs is 1. The van der Waals surface area contributed by atoms with Gasteiger partial charge in [-0.3, -0.25) is 0 Å². The summed E-state index contributed by atoms with van der Waals surface area (Å²) in [4.78, 5) is 20.6. The molecule has 0 unspecified atom stereocenters. The van der Waals surface area contributed by atoms with Gasteiger partial charge in [-0.05, 0) is 43.4 Å². The molecule has 0 atom stereocenters. The number of hydrogen-bond donors (Lipinski definition) is 2. The summed E-state index contributed by atoms with van der Waals surface area (Å²) < 4.78 is 12.7. The first-order valence-corrected chi connectivity index (χ1v) is 15.1. The number of benzene rings is 1. The van der Waals surface area contributed by atoms with Crippen LogP contribution >= 0.6 is 11.3 Å². The molecule has 0 saturated carbocycles. The van der Waals surface area contributed by atoms with Crippen LogP contribution in [0, 0.1) is 29.6 Å². The van der Waals surface area contributed by atoms with Crippen LogP contribution in [0.4, 0.5) is 23.1 Å². The number of ether oxygens (including phenoxy) is 2. The molecule has 3 heterocycles. The summed E-state index contributed by atoms with van der Waals surface area (Å²) in [5.74, 6) is 0.760. The van der Waals surface area contributed by atoms with E-state index in [1.807, 2.05) is 6.07 Å². The molecule has 0 bridgehead atoms. The minimum atomic E-state index is -0.497. The van der Waals surface area contributed by atoms with Crippen LogP contribution in [0.25, 0.3) is 15.3 Å². The van der Waals surface area contributed by atoms with E-state index in [4.69, 9.17) is 9.47 Å². The minimum Gasteiger partial charge on any atom is -0.462 e. The zero-order chi connectivity index (χ0) is 32.3. The lowest BCUT2D eigenvalue weighted by Crippen LogP contribution is -2.13. The molecule has 0 aliphatic carbocycles. The van der Waals surface area contributed by atoms with Gasteiger partial charge in [0.05, 0.1) is 28.6 Å². The number of nitrogens with one attached hydrogen (secondary N) is 2. The van der Waals surface area contributed by atoms with Crippen molar-refractivity contribution in [2.75, 3.05) is 44.0 Å². The second-order valence-corrected chi connectivity index (χ2v) is 11.2. The fourth-order valence-electron chi connectivity index (χ4n) is 4.24. The van der Waals surface area contributed by atoms with Gasteiger partial charge in [0.1, 0.15) is 29.2 Å². The van der Waals surface area contributed by atoms with Gasteiger partial charge >= 0.3 is 5.97 Å². The quantitative estimate of drug-likeness (QED) is 0.0645. The molecule has 3 aromatic heterocycles. The average molecular weight is 627 g/mol. The maximum Gasteiger partial charge on any atom is 0.330 e. The van der Waals surface area contributed by atoms with E-state index in [1.165, 1.54) is 21.6 Å². The number of carbonyl (C=O) groups is 1. The van der Waals surface area contributed by atoms with Gasteiger partial charge in [0.2, 0.25) is 10.9 Å². The van der Waals surface area contributed by atoms with E-state index in [-0.39, 0.29) is 23.6 Å². The molecule has 13 nitrogen and oxygen atoms in total. The van der Waals surface area contributed by atoms with Gasteiger partial charge in [-0.25, -0.2) is 19.4 Å². The first-order valence-electron chi connectivity index (χ1n) is 14.3. The van der Waals surface area contributed by atoms with Crippen LogP contribution in [0.1, 0.15) is 54.9 Å². The number of anilines is 2. The Morgan fingerprint density at radius 2 is 1.89 bits per heavy atom. The lowest BCUT2D eigenvalue weighted by molar-refractivity contribution is -0.137. The molecule has 232 valence electrons. The molecule has 14 heteroatoms. The maximum atomic E-state index is 11.3. The van der Waals surface area contributed by atoms with Gasteiger partial charge in [0, 0.05) is 38.4 Å². The maximum absolute atomic E-state index is 11.3. The van der Waals surface area contributed by atoms with Crippen LogP contribution < -0.4 is 10.6 Å². The molecular weight excluding hydrogens is 592 g/mol. The van der Waals surface area contributed by atoms with E-state index in [9.17, 15) is 15.3 Å². The molecule has 2 N–H and O–H groups in total. The van der Waals surface area contributed by atoms with Crippen molar-refractivity contribution in [2.24, 2.45) is 10.2 Å². The summed E-state index contributed by atoms with van der Waals surface area (Å²) >= 11 is 1.47. The van der Waals surface area contributed by atoms with Crippen LogP contribution in [-0.4, -0.2) is 59.1 Å². The van der Waals surface area contributed by atoms with Gasteiger partial charge in [0.15, 0.2) is 5.82 Å². The molecule has 1 aromatic carbocycles. The van der Waals surface area contributed by atoms with Crippen molar-refractivity contribution in [2.45, 2.75) is 39.5 Å². The molecule has 0 radical (unpaired) electrons. The Bertz CT molecular complexity index is 1800. The predicted octanol–water partition coefficient (Wildman–Crippen LogP) is 6.45. The Morgan fingerprint density at radius 3 is 2.58 bits per heavy atom. The van der Waals surface area contributed by atoms with Crippen LogP contribution in [0.2, 0.25) is 0 Å². The number of nitrogens with zero attached hydrogens (tertiary/aromatic N) is 8. The van der Waals surface area contributed by atoms with Crippen molar-refractivity contribution in [1.82, 2.24) is 19.7 Å². The second kappa shape index (κ2) is 15.5. The molecule has 0 amide bonds. The highest BCUT2D eigenvalue weighted by atomic mass is 32.1. The third kappa shape index (κ3) is 8.06. The topological polar surface area (TPSA) is 175 Å². The zero-order valence-electron chi connectivity index (χ0n) is 25.6. The van der Waals surface area contributed by atoms with E-state index < -0.39 is 5.97 Å². The number of pyridine rings is 1. The lowest BCUT2D eigenvalue weighted by atomic mass is 10.0. The normalized spacial score (nSPS) is 11.1. The minimum absolute atomic E-state index is 0.110. The standard InChI is InChI=1S/C31H34N10O3S/c1-6-26(42)44-14-8-12-34-29-23(17-33)20(4)27(30(37-29)35-11-7-13-43-5)38-39-28-22(16-32)18-41(40-28)31-36-24-10-9-21(19(2)3)15-25(24)45-31/h6,9-10,15,18-19H,1,7-8,11-14H2,2-5H3,(H2,34,35,37). The highest BCUT2D eigenvalue weighted by molar-refractivity contribution is 7.20. The second-order valence-electron chi connectivity index (χ2n) is 10.2.